The van der Waals surface area contributed by atoms with Gasteiger partial charge in [0.25, 0.3) is 64.8 Å². The van der Waals surface area contributed by atoms with E-state index in [0.29, 0.717) is 102 Å². The summed E-state index contributed by atoms with van der Waals surface area (Å²) < 4.78 is 199. The minimum atomic E-state index is -4.62. The van der Waals surface area contributed by atoms with Crippen LogP contribution in [-0.4, -0.2) is 142 Å². The molecule has 12 rings (SSSR count). The molecule has 36 nitrogen and oxygen atoms in total. The molecule has 0 saturated heterocycles. The topological polar surface area (TPSA) is 546 Å². The number of benzene rings is 6. The Labute approximate surface area is 796 Å². The van der Waals surface area contributed by atoms with Crippen molar-refractivity contribution in [3.8, 4) is 17.1 Å². The van der Waals surface area contributed by atoms with Crippen LogP contribution >= 0.6 is 0 Å². The normalized spacial score (nSPS) is 15.5. The van der Waals surface area contributed by atoms with E-state index in [2.05, 4.69) is 30.6 Å². The van der Waals surface area contributed by atoms with Gasteiger partial charge >= 0.3 is 154 Å². The maximum absolute atomic E-state index is 13.1. The number of nitrogens with zero attached hydrogens (tertiary/aromatic N) is 9. The van der Waals surface area contributed by atoms with Crippen LogP contribution in [0.1, 0.15) is 75.3 Å². The number of hydrogen-bond donors (Lipinski definition) is 6. The summed E-state index contributed by atoms with van der Waals surface area (Å²) in [6.07, 6.45) is 9.33. The van der Waals surface area contributed by atoms with Crippen LogP contribution in [0, 0.1) is 20.8 Å². The zero-order chi connectivity index (χ0) is 84.0. The van der Waals surface area contributed by atoms with E-state index >= 15 is 0 Å². The molecule has 45 heteroatoms. The zero-order valence-corrected chi connectivity index (χ0v) is 78.0. The number of H-pyrrole nitrogens is 3. The van der Waals surface area contributed by atoms with Gasteiger partial charge in [0.15, 0.2) is 0 Å². The molecule has 0 radical (unpaired) electrons. The van der Waals surface area contributed by atoms with Crippen LogP contribution < -0.4 is 186 Å². The number of carbonyl (C=O) groups excluding carboxylic acids is 3. The standard InChI is InChI=1S/3C24H22N4O8S2.3K/c3*1-14(22-16(3)26-28(24(22)30)18-7-11-20(12-8-18)38(34,35)36)4-13-21-15(2)25-27(23(21)29)17-5-9-19(10-6-17)37(31,32)33;;;/h3*4-13,26H,1-3H3,(H,31,32,33)(H,34,35,36);;;/q;;;3*+1/p-3. The Kier molecular flexibility index (Phi) is 31.5. The number of carbonyl (C=O) groups is 3. The number of rotatable bonds is 18. The summed E-state index contributed by atoms with van der Waals surface area (Å²) in [5.74, 6) is -1.41. The Hall–Kier alpha value is -7.42. The van der Waals surface area contributed by atoms with Crippen molar-refractivity contribution in [2.45, 2.75) is 91.7 Å². The number of aromatic amines is 3. The third-order valence-corrected chi connectivity index (χ3v) is 22.5. The van der Waals surface area contributed by atoms with Gasteiger partial charge in [-0.25, -0.2) is 39.3 Å². The number of allylic oxidation sites excluding steroid dienone is 9. The van der Waals surface area contributed by atoms with Gasteiger partial charge in [0.05, 0.1) is 114 Å². The number of amides is 3. The average molecular weight is 1790 g/mol. The van der Waals surface area contributed by atoms with E-state index in [1.807, 2.05) is 0 Å². The molecule has 3 aromatic heterocycles. The smallest absolute Gasteiger partial charge is 0.744 e. The third-order valence-electron chi connectivity index (χ3n) is 17.4. The minimum absolute atomic E-state index is 0. The number of anilines is 3. The molecule has 0 spiro atoms. The van der Waals surface area contributed by atoms with E-state index in [1.54, 1.807) is 80.5 Å². The molecule has 0 saturated carbocycles. The van der Waals surface area contributed by atoms with Gasteiger partial charge in [-0.3, -0.25) is 57.7 Å². The molecule has 0 aliphatic carbocycles. The third kappa shape index (κ3) is 22.2. The molecule has 3 amide bonds. The second kappa shape index (κ2) is 38.1. The summed E-state index contributed by atoms with van der Waals surface area (Å²) in [5.41, 5.74) is 6.73. The molecule has 0 atom stereocenters. The van der Waals surface area contributed by atoms with Crippen LogP contribution in [0.25, 0.3) is 33.8 Å². The predicted molar refractivity (Wildman–Crippen MR) is 413 cm³/mol. The average Bonchev–Trinajstić information content (AvgIpc) is 1.70. The first-order valence-corrected chi connectivity index (χ1v) is 41.3. The Morgan fingerprint density at radius 3 is 0.675 bits per heavy atom. The van der Waals surface area contributed by atoms with Crippen LogP contribution in [0.3, 0.4) is 0 Å². The van der Waals surface area contributed by atoms with Crippen LogP contribution in [0.15, 0.2) is 258 Å². The summed E-state index contributed by atoms with van der Waals surface area (Å²) >= 11 is 0. The Morgan fingerprint density at radius 2 is 0.496 bits per heavy atom. The number of hydrogen-bond acceptors (Lipinski definition) is 24. The molecule has 9 aromatic rings. The summed E-state index contributed by atoms with van der Waals surface area (Å²) in [4.78, 5) is 76.0. The van der Waals surface area contributed by atoms with Crippen molar-refractivity contribution in [2.24, 2.45) is 15.3 Å². The molecule has 0 bridgehead atoms. The van der Waals surface area contributed by atoms with Crippen molar-refractivity contribution in [1.29, 1.82) is 0 Å². The minimum Gasteiger partial charge on any atom is -0.744 e. The predicted octanol–water partition coefficient (Wildman–Crippen LogP) is -1.86. The van der Waals surface area contributed by atoms with E-state index in [-0.39, 0.29) is 186 Å². The van der Waals surface area contributed by atoms with Crippen molar-refractivity contribution in [3.05, 3.63) is 264 Å². The number of nitrogens with one attached hydrogen (secondary N) is 3. The van der Waals surface area contributed by atoms with E-state index in [4.69, 9.17) is 13.7 Å². The zero-order valence-electron chi connectivity index (χ0n) is 63.7. The number of hydrazone groups is 3. The van der Waals surface area contributed by atoms with Gasteiger partial charge in [0, 0.05) is 17.1 Å². The molecule has 0 fully saturated rings. The molecular weight excluding hydrogens is 1730 g/mol. The fraction of sp³-hybridized carbons (Fsp3) is 0.125. The van der Waals surface area contributed by atoms with E-state index in [0.717, 1.165) is 87.8 Å². The summed E-state index contributed by atoms with van der Waals surface area (Å²) in [6.45, 7) is 15.0. The van der Waals surface area contributed by atoms with Crippen molar-refractivity contribution in [3.63, 3.8) is 0 Å². The number of aromatic nitrogens is 6. The van der Waals surface area contributed by atoms with Gasteiger partial charge in [0.2, 0.25) is 0 Å². The fourth-order valence-electron chi connectivity index (χ4n) is 11.7. The quantitative estimate of drug-likeness (QED) is 0.0312. The van der Waals surface area contributed by atoms with Gasteiger partial charge in [-0.1, -0.05) is 18.2 Å². The first-order chi connectivity index (χ1) is 53.0. The van der Waals surface area contributed by atoms with Crippen molar-refractivity contribution >= 4 is 129 Å². The van der Waals surface area contributed by atoms with E-state index < -0.39 is 110 Å². The molecule has 117 heavy (non-hydrogen) atoms. The van der Waals surface area contributed by atoms with Crippen molar-refractivity contribution in [2.75, 3.05) is 15.0 Å². The van der Waals surface area contributed by atoms with E-state index in [1.165, 1.54) is 105 Å². The SMILES string of the molecule is CC(=CC=C1C(=O)N(c2ccc(S(=O)(=O)O)cc2)N=C1C)c1c(C)[nH]n(-c2ccc(S(=O)(=O)[O-])cc2)c1=O.CC(=CC=C1C(=O)N(c2ccc(S(=O)(=O)O)cc2)N=C1C)c1c(C)[nH]n(-c2ccc(S(=O)(=O)[O-])cc2)c1=O.CC(=CC=C1C(=O)N(c2ccc(S(=O)(=O)O)cc2)N=C1C)c1c(C)[nH]n(-c2ccc(S(=O)(=O)[O-])cc2)c1=O.[K+].[K+].[K+]. The molecular formula is C72H63K3N12O24S6. The van der Waals surface area contributed by atoms with Gasteiger partial charge in [-0.15, -0.1) is 0 Å². The summed E-state index contributed by atoms with van der Waals surface area (Å²) in [7, 11) is -27.0. The van der Waals surface area contributed by atoms with E-state index in [9.17, 15) is 92.9 Å². The molecule has 6 aromatic carbocycles. The van der Waals surface area contributed by atoms with Crippen molar-refractivity contribution in [1.82, 2.24) is 29.3 Å². The summed E-state index contributed by atoms with van der Waals surface area (Å²) in [5, 5.41) is 24.7. The largest absolute Gasteiger partial charge is 1.00 e. The Morgan fingerprint density at radius 1 is 0.316 bits per heavy atom. The second-order valence-corrected chi connectivity index (χ2v) is 33.6. The van der Waals surface area contributed by atoms with Crippen LogP contribution in [0.5, 0.6) is 0 Å². The molecule has 6 heterocycles. The second-order valence-electron chi connectivity index (χ2n) is 25.2. The van der Waals surface area contributed by atoms with Gasteiger partial charge in [-0.2, -0.15) is 55.6 Å². The number of aryl methyl sites for hydroxylation is 3. The van der Waals surface area contributed by atoms with Gasteiger partial charge in [0.1, 0.15) is 30.4 Å². The molecule has 3 aliphatic heterocycles. The maximum atomic E-state index is 13.1. The molecule has 0 unspecified atom stereocenters. The Bertz CT molecular complexity index is 6100. The maximum Gasteiger partial charge on any atom is 1.00 e. The first kappa shape index (κ1) is 96.7. The molecule has 594 valence electrons. The monoisotopic (exact) mass is 1790 g/mol. The fourth-order valence-corrected chi connectivity index (χ4v) is 14.5. The van der Waals surface area contributed by atoms with Gasteiger partial charge in [-0.05, 0) is 243 Å². The van der Waals surface area contributed by atoms with Crippen LogP contribution in [0.4, 0.5) is 17.1 Å². The summed E-state index contributed by atoms with van der Waals surface area (Å²) in [6, 6.07) is 29.7. The van der Waals surface area contributed by atoms with Crippen LogP contribution in [-0.2, 0) is 75.1 Å². The first-order valence-electron chi connectivity index (χ1n) is 32.8. The van der Waals surface area contributed by atoms with Crippen LogP contribution in [0.2, 0.25) is 0 Å². The van der Waals surface area contributed by atoms with Gasteiger partial charge < -0.3 is 13.7 Å². The molecule has 6 N–H and O–H groups in total. The molecule has 3 aliphatic rings. The van der Waals surface area contributed by atoms with Crippen molar-refractivity contribution < 1.29 is 246 Å². The Balaban J connectivity index is 0.000000239.